The van der Waals surface area contributed by atoms with Crippen LogP contribution in [-0.4, -0.2) is 29.7 Å². The number of piperidine rings is 1. The molecule has 4 heteroatoms. The predicted octanol–water partition coefficient (Wildman–Crippen LogP) is 6.70. The molecule has 1 atom stereocenters. The maximum absolute atomic E-state index is 13.0. The highest BCUT2D eigenvalue weighted by atomic mass is 16.1. The number of carbonyl (C=O) groups excluding carboxylic acids is 2. The van der Waals surface area contributed by atoms with Gasteiger partial charge in [-0.3, -0.25) is 14.5 Å². The van der Waals surface area contributed by atoms with E-state index in [9.17, 15) is 9.59 Å². The van der Waals surface area contributed by atoms with Crippen LogP contribution in [0.4, 0.5) is 5.69 Å². The van der Waals surface area contributed by atoms with E-state index >= 15 is 0 Å². The lowest BCUT2D eigenvalue weighted by atomic mass is 9.86. The summed E-state index contributed by atoms with van der Waals surface area (Å²) in [4.78, 5) is 28.3. The zero-order chi connectivity index (χ0) is 25.0. The Labute approximate surface area is 209 Å². The van der Waals surface area contributed by atoms with Crippen LogP contribution >= 0.6 is 0 Å². The smallest absolute Gasteiger partial charge is 0.255 e. The average Bonchev–Trinajstić information content (AvgIpc) is 2.84. The topological polar surface area (TPSA) is 49.4 Å². The number of hydrogen-bond acceptors (Lipinski definition) is 3. The Kier molecular flexibility index (Phi) is 7.51. The molecule has 0 aliphatic carbocycles. The summed E-state index contributed by atoms with van der Waals surface area (Å²) in [6.45, 7) is 12.0. The summed E-state index contributed by atoms with van der Waals surface area (Å²) < 4.78 is 0. The van der Waals surface area contributed by atoms with Crippen molar-refractivity contribution in [2.24, 2.45) is 5.92 Å². The predicted molar refractivity (Wildman–Crippen MR) is 143 cm³/mol. The summed E-state index contributed by atoms with van der Waals surface area (Å²) in [6.07, 6.45) is 2.57. The van der Waals surface area contributed by atoms with Gasteiger partial charge in [0.05, 0.1) is 0 Å². The number of nitrogens with one attached hydrogen (secondary N) is 1. The van der Waals surface area contributed by atoms with Gasteiger partial charge in [0, 0.05) is 35.5 Å². The molecular formula is C31H36N2O2. The molecule has 0 spiro atoms. The molecule has 1 N–H and O–H groups in total. The number of nitrogens with zero attached hydrogens (tertiary/aromatic N) is 1. The molecule has 35 heavy (non-hydrogen) atoms. The van der Waals surface area contributed by atoms with Gasteiger partial charge < -0.3 is 5.32 Å². The van der Waals surface area contributed by atoms with Gasteiger partial charge in [-0.2, -0.15) is 0 Å². The van der Waals surface area contributed by atoms with E-state index < -0.39 is 0 Å². The lowest BCUT2D eigenvalue weighted by Crippen LogP contribution is -2.33. The number of amides is 1. The average molecular weight is 469 g/mol. The van der Waals surface area contributed by atoms with Gasteiger partial charge >= 0.3 is 0 Å². The first-order chi connectivity index (χ1) is 16.7. The molecule has 1 heterocycles. The van der Waals surface area contributed by atoms with Gasteiger partial charge in [0.25, 0.3) is 5.91 Å². The quantitative estimate of drug-likeness (QED) is 0.410. The number of ketones is 1. The molecule has 1 saturated heterocycles. The monoisotopic (exact) mass is 468 g/mol. The van der Waals surface area contributed by atoms with Gasteiger partial charge in [0.1, 0.15) is 0 Å². The van der Waals surface area contributed by atoms with Crippen molar-refractivity contribution in [3.8, 4) is 0 Å². The van der Waals surface area contributed by atoms with Gasteiger partial charge in [0.2, 0.25) is 0 Å². The minimum atomic E-state index is -0.178. The Balaban J connectivity index is 1.40. The zero-order valence-corrected chi connectivity index (χ0v) is 21.3. The third-order valence-corrected chi connectivity index (χ3v) is 6.76. The first-order valence-electron chi connectivity index (χ1n) is 12.6. The van der Waals surface area contributed by atoms with Crippen LogP contribution in [0, 0.1) is 5.92 Å². The van der Waals surface area contributed by atoms with Gasteiger partial charge in [-0.15, -0.1) is 0 Å². The first kappa shape index (κ1) is 24.9. The largest absolute Gasteiger partial charge is 0.322 e. The van der Waals surface area contributed by atoms with Gasteiger partial charge in [-0.05, 0) is 66.1 Å². The summed E-state index contributed by atoms with van der Waals surface area (Å²) in [6, 6.07) is 22.7. The number of carbonyl (C=O) groups is 2. The lowest BCUT2D eigenvalue weighted by Gasteiger charge is -2.30. The van der Waals surface area contributed by atoms with Crippen molar-refractivity contribution in [3.05, 3.63) is 101 Å². The Morgan fingerprint density at radius 3 is 2.26 bits per heavy atom. The summed E-state index contributed by atoms with van der Waals surface area (Å²) in [5.41, 5.74) is 4.86. The van der Waals surface area contributed by atoms with Crippen LogP contribution < -0.4 is 5.32 Å². The number of rotatable bonds is 6. The molecule has 4 nitrogen and oxygen atoms in total. The van der Waals surface area contributed by atoms with Crippen LogP contribution in [0.15, 0.2) is 72.8 Å². The second-order valence-corrected chi connectivity index (χ2v) is 10.9. The molecule has 3 aromatic rings. The minimum Gasteiger partial charge on any atom is -0.322 e. The van der Waals surface area contributed by atoms with Crippen LogP contribution in [0.2, 0.25) is 0 Å². The fourth-order valence-electron chi connectivity index (χ4n) is 4.68. The SMILES string of the molecule is C[C@@H]1CCCN(Cc2ccc(C(=O)Nc3cccc(C(=O)c4ccc(C(C)(C)C)cc4)c3)cc2)C1. The van der Waals surface area contributed by atoms with Gasteiger partial charge in [-0.1, -0.05) is 76.2 Å². The zero-order valence-electron chi connectivity index (χ0n) is 21.3. The van der Waals surface area contributed by atoms with Crippen molar-refractivity contribution in [1.82, 2.24) is 4.90 Å². The van der Waals surface area contributed by atoms with Crippen LogP contribution in [0.25, 0.3) is 0 Å². The van der Waals surface area contributed by atoms with E-state index in [2.05, 4.69) is 37.9 Å². The number of likely N-dealkylation sites (tertiary alicyclic amines) is 1. The Morgan fingerprint density at radius 1 is 0.914 bits per heavy atom. The Bertz CT molecular complexity index is 1170. The molecule has 1 amide bonds. The van der Waals surface area contributed by atoms with E-state index in [1.807, 2.05) is 54.6 Å². The number of benzene rings is 3. The van der Waals surface area contributed by atoms with Crippen molar-refractivity contribution in [2.75, 3.05) is 18.4 Å². The fraction of sp³-hybridized carbons (Fsp3) is 0.355. The van der Waals surface area contributed by atoms with Gasteiger partial charge in [-0.25, -0.2) is 0 Å². The molecular weight excluding hydrogens is 432 g/mol. The molecule has 1 fully saturated rings. The summed E-state index contributed by atoms with van der Waals surface area (Å²) in [5, 5.41) is 2.94. The van der Waals surface area contributed by atoms with Crippen molar-refractivity contribution in [1.29, 1.82) is 0 Å². The second kappa shape index (κ2) is 10.6. The summed E-state index contributed by atoms with van der Waals surface area (Å²) in [5.74, 6) is 0.513. The van der Waals surface area contributed by atoms with Crippen LogP contribution in [0.5, 0.6) is 0 Å². The minimum absolute atomic E-state index is 0.0378. The fourth-order valence-corrected chi connectivity index (χ4v) is 4.68. The van der Waals surface area contributed by atoms with Crippen molar-refractivity contribution in [2.45, 2.75) is 52.5 Å². The third kappa shape index (κ3) is 6.46. The highest BCUT2D eigenvalue weighted by Gasteiger charge is 2.17. The molecule has 0 unspecified atom stereocenters. The van der Waals surface area contributed by atoms with Crippen molar-refractivity contribution in [3.63, 3.8) is 0 Å². The maximum Gasteiger partial charge on any atom is 0.255 e. The molecule has 1 aliphatic heterocycles. The highest BCUT2D eigenvalue weighted by molar-refractivity contribution is 6.10. The molecule has 0 saturated carbocycles. The van der Waals surface area contributed by atoms with E-state index in [1.165, 1.54) is 24.0 Å². The molecule has 0 radical (unpaired) electrons. The molecule has 1 aliphatic rings. The standard InChI is InChI=1S/C31H36N2O2/c1-22-7-6-18-33(20-22)21-23-10-12-25(13-11-23)30(35)32-28-9-5-8-26(19-28)29(34)24-14-16-27(17-15-24)31(2,3)4/h5,8-17,19,22H,6-7,18,20-21H2,1-4H3,(H,32,35)/t22-/m1/s1. The van der Waals surface area contributed by atoms with Gasteiger partial charge in [0.15, 0.2) is 5.78 Å². The maximum atomic E-state index is 13.0. The second-order valence-electron chi connectivity index (χ2n) is 10.9. The van der Waals surface area contributed by atoms with E-state index in [4.69, 9.17) is 0 Å². The number of hydrogen-bond donors (Lipinski definition) is 1. The Hall–Kier alpha value is -3.24. The first-order valence-corrected chi connectivity index (χ1v) is 12.6. The van der Waals surface area contributed by atoms with Crippen molar-refractivity contribution < 1.29 is 9.59 Å². The van der Waals surface area contributed by atoms with E-state index in [0.717, 1.165) is 25.6 Å². The van der Waals surface area contributed by atoms with Crippen LogP contribution in [0.3, 0.4) is 0 Å². The van der Waals surface area contributed by atoms with Crippen LogP contribution in [-0.2, 0) is 12.0 Å². The molecule has 0 bridgehead atoms. The molecule has 0 aromatic heterocycles. The molecule has 4 rings (SSSR count). The number of anilines is 1. The summed E-state index contributed by atoms with van der Waals surface area (Å²) in [7, 11) is 0. The van der Waals surface area contributed by atoms with Crippen LogP contribution in [0.1, 0.15) is 77.9 Å². The lowest BCUT2D eigenvalue weighted by molar-refractivity contribution is 0.102. The highest BCUT2D eigenvalue weighted by Crippen LogP contribution is 2.24. The Morgan fingerprint density at radius 2 is 1.60 bits per heavy atom. The van der Waals surface area contributed by atoms with E-state index in [1.54, 1.807) is 18.2 Å². The van der Waals surface area contributed by atoms with E-state index in [-0.39, 0.29) is 17.1 Å². The van der Waals surface area contributed by atoms with E-state index in [0.29, 0.717) is 22.4 Å². The normalized spacial score (nSPS) is 16.6. The third-order valence-electron chi connectivity index (χ3n) is 6.76. The molecule has 182 valence electrons. The van der Waals surface area contributed by atoms with Crippen molar-refractivity contribution >= 4 is 17.4 Å². The summed E-state index contributed by atoms with van der Waals surface area (Å²) >= 11 is 0. The molecule has 3 aromatic carbocycles.